The number of hydrogen-bond acceptors (Lipinski definition) is 4. The number of allylic oxidation sites excluding steroid dienone is 2. The Morgan fingerprint density at radius 2 is 1.70 bits per heavy atom. The Bertz CT molecular complexity index is 824. The Labute approximate surface area is 225 Å². The summed E-state index contributed by atoms with van der Waals surface area (Å²) in [6, 6.07) is 0. The van der Waals surface area contributed by atoms with E-state index >= 15 is 0 Å². The van der Waals surface area contributed by atoms with Crippen molar-refractivity contribution in [2.45, 2.75) is 111 Å². The average Bonchev–Trinajstić information content (AvgIpc) is 3.04. The third-order valence-corrected chi connectivity index (χ3v) is 11.0. The normalized spacial score (nSPS) is 41.4. The molecule has 4 aliphatic rings. The van der Waals surface area contributed by atoms with Gasteiger partial charge in [0.05, 0.1) is 6.10 Å². The first kappa shape index (κ1) is 28.2. The van der Waals surface area contributed by atoms with Gasteiger partial charge in [-0.05, 0) is 97.7 Å². The van der Waals surface area contributed by atoms with Gasteiger partial charge in [-0.3, -0.25) is 4.18 Å². The third kappa shape index (κ3) is 5.64. The van der Waals surface area contributed by atoms with Crippen molar-refractivity contribution < 1.29 is 46.7 Å². The zero-order chi connectivity index (χ0) is 23.3. The minimum atomic E-state index is -4.62. The van der Waals surface area contributed by atoms with Gasteiger partial charge in [0, 0.05) is 0 Å². The Balaban J connectivity index is 0.00000306. The largest absolute Gasteiger partial charge is 1.00 e. The molecular weight excluding hydrogens is 443 g/mol. The summed E-state index contributed by atoms with van der Waals surface area (Å²) < 4.78 is 38.2. The van der Waals surface area contributed by atoms with Crippen LogP contribution in [0.15, 0.2) is 11.6 Å². The third-order valence-electron chi connectivity index (χ3n) is 10.5. The van der Waals surface area contributed by atoms with Crippen LogP contribution in [0.4, 0.5) is 0 Å². The molecule has 0 heterocycles. The molecule has 4 aliphatic carbocycles. The number of fused-ring (bicyclic) bond motifs is 5. The molecular formula is C27H45NaO4S. The van der Waals surface area contributed by atoms with Crippen molar-refractivity contribution in [1.29, 1.82) is 0 Å². The SMILES string of the molecule is CC(C)CCC[C@@H](C)[C@H]1CC[C@H]2C3=CC[C@H]4C[C@@H](OS(=O)(=O)[O-])CC[C@]4(C)[C@H]3CC[C@]12C.[Na+]. The van der Waals surface area contributed by atoms with E-state index in [0.717, 1.165) is 36.5 Å². The van der Waals surface area contributed by atoms with Crippen LogP contribution in [-0.4, -0.2) is 19.1 Å². The van der Waals surface area contributed by atoms with E-state index < -0.39 is 16.5 Å². The molecule has 0 aromatic heterocycles. The molecule has 0 aromatic carbocycles. The first-order valence-electron chi connectivity index (χ1n) is 13.3. The second kappa shape index (κ2) is 10.5. The molecule has 0 unspecified atom stereocenters. The number of rotatable bonds is 7. The summed E-state index contributed by atoms with van der Waals surface area (Å²) in [5.74, 6) is 4.24. The molecule has 33 heavy (non-hydrogen) atoms. The van der Waals surface area contributed by atoms with Crippen molar-refractivity contribution >= 4 is 10.4 Å². The van der Waals surface area contributed by atoms with Gasteiger partial charge >= 0.3 is 29.6 Å². The standard InChI is InChI=1S/C27H46O4S.Na/c1-18(2)7-6-8-19(3)23-11-12-24-22-10-9-20-17-21(31-32(28,29)30)13-15-26(20,4)25(22)14-16-27(23,24)5;/h10,18-21,23-25H,6-9,11-17H2,1-5H3,(H,28,29,30);/q;+1/p-1/t19-,20+,21+,23-,24+,25+,26+,27-;/m1./s1. The van der Waals surface area contributed by atoms with Crippen LogP contribution in [0.5, 0.6) is 0 Å². The summed E-state index contributed by atoms with van der Waals surface area (Å²) in [6.07, 6.45) is 14.9. The van der Waals surface area contributed by atoms with Crippen molar-refractivity contribution in [3.05, 3.63) is 11.6 Å². The minimum Gasteiger partial charge on any atom is -0.726 e. The van der Waals surface area contributed by atoms with E-state index in [-0.39, 0.29) is 35.0 Å². The van der Waals surface area contributed by atoms with Gasteiger partial charge in [-0.2, -0.15) is 0 Å². The fourth-order valence-corrected chi connectivity index (χ4v) is 9.26. The van der Waals surface area contributed by atoms with Gasteiger partial charge in [0.1, 0.15) is 0 Å². The molecule has 6 heteroatoms. The van der Waals surface area contributed by atoms with Crippen LogP contribution in [0.1, 0.15) is 105 Å². The summed E-state index contributed by atoms with van der Waals surface area (Å²) in [4.78, 5) is 0. The molecule has 0 aromatic rings. The summed E-state index contributed by atoms with van der Waals surface area (Å²) in [7, 11) is -4.62. The van der Waals surface area contributed by atoms with Crippen molar-refractivity contribution in [2.24, 2.45) is 46.3 Å². The van der Waals surface area contributed by atoms with Crippen LogP contribution in [0.2, 0.25) is 0 Å². The predicted molar refractivity (Wildman–Crippen MR) is 128 cm³/mol. The van der Waals surface area contributed by atoms with Crippen molar-refractivity contribution in [2.75, 3.05) is 0 Å². The Morgan fingerprint density at radius 1 is 1.03 bits per heavy atom. The van der Waals surface area contributed by atoms with Gasteiger partial charge in [-0.1, -0.05) is 65.5 Å². The molecule has 0 amide bonds. The molecule has 4 nitrogen and oxygen atoms in total. The van der Waals surface area contributed by atoms with Crippen molar-refractivity contribution in [3.63, 3.8) is 0 Å². The van der Waals surface area contributed by atoms with Crippen LogP contribution in [0.25, 0.3) is 0 Å². The first-order valence-corrected chi connectivity index (χ1v) is 14.6. The monoisotopic (exact) mass is 488 g/mol. The van der Waals surface area contributed by atoms with Crippen LogP contribution >= 0.6 is 0 Å². The zero-order valence-electron chi connectivity index (χ0n) is 21.9. The molecule has 0 saturated heterocycles. The van der Waals surface area contributed by atoms with E-state index in [0.29, 0.717) is 30.1 Å². The molecule has 8 atom stereocenters. The van der Waals surface area contributed by atoms with Gasteiger partial charge < -0.3 is 4.55 Å². The van der Waals surface area contributed by atoms with Crippen molar-refractivity contribution in [3.8, 4) is 0 Å². The molecule has 0 N–H and O–H groups in total. The van der Waals surface area contributed by atoms with Crippen LogP contribution < -0.4 is 29.6 Å². The van der Waals surface area contributed by atoms with Gasteiger partial charge in [-0.15, -0.1) is 0 Å². The maximum Gasteiger partial charge on any atom is 1.00 e. The number of hydrogen-bond donors (Lipinski definition) is 0. The summed E-state index contributed by atoms with van der Waals surface area (Å²) in [6.45, 7) is 12.2. The molecule has 3 fully saturated rings. The summed E-state index contributed by atoms with van der Waals surface area (Å²) in [5.41, 5.74) is 2.41. The predicted octanol–water partition coefficient (Wildman–Crippen LogP) is 3.88. The molecule has 4 rings (SSSR count). The van der Waals surface area contributed by atoms with Gasteiger partial charge in [0.2, 0.25) is 10.4 Å². The maximum atomic E-state index is 11.1. The van der Waals surface area contributed by atoms with Crippen LogP contribution in [-0.2, 0) is 14.6 Å². The van der Waals surface area contributed by atoms with E-state index in [1.807, 2.05) is 0 Å². The average molecular weight is 489 g/mol. The van der Waals surface area contributed by atoms with E-state index in [1.165, 1.54) is 44.9 Å². The summed E-state index contributed by atoms with van der Waals surface area (Å²) >= 11 is 0. The van der Waals surface area contributed by atoms with E-state index in [1.54, 1.807) is 5.57 Å². The molecule has 3 saturated carbocycles. The fourth-order valence-electron chi connectivity index (χ4n) is 8.75. The Hall–Kier alpha value is 0.610. The quantitative estimate of drug-likeness (QED) is 0.236. The van der Waals surface area contributed by atoms with Gasteiger partial charge in [0.15, 0.2) is 0 Å². The minimum absolute atomic E-state index is 0. The van der Waals surface area contributed by atoms with Crippen molar-refractivity contribution in [1.82, 2.24) is 0 Å². The van der Waals surface area contributed by atoms with E-state index in [4.69, 9.17) is 4.18 Å². The zero-order valence-corrected chi connectivity index (χ0v) is 24.8. The second-order valence-corrected chi connectivity index (χ2v) is 13.7. The Morgan fingerprint density at radius 3 is 2.36 bits per heavy atom. The second-order valence-electron chi connectivity index (χ2n) is 12.7. The van der Waals surface area contributed by atoms with Gasteiger partial charge in [0.25, 0.3) is 0 Å². The van der Waals surface area contributed by atoms with Crippen LogP contribution in [0, 0.1) is 46.3 Å². The van der Waals surface area contributed by atoms with Crippen LogP contribution in [0.3, 0.4) is 0 Å². The van der Waals surface area contributed by atoms with E-state index in [2.05, 4.69) is 40.7 Å². The smallest absolute Gasteiger partial charge is 0.726 e. The first-order chi connectivity index (χ1) is 14.9. The van der Waals surface area contributed by atoms with Gasteiger partial charge in [-0.25, -0.2) is 8.42 Å². The Kier molecular flexibility index (Phi) is 9.00. The molecule has 0 radical (unpaired) electrons. The fraction of sp³-hybridized carbons (Fsp3) is 0.926. The molecule has 0 spiro atoms. The maximum absolute atomic E-state index is 11.1. The molecule has 0 bridgehead atoms. The molecule has 184 valence electrons. The topological polar surface area (TPSA) is 66.4 Å². The summed E-state index contributed by atoms with van der Waals surface area (Å²) in [5, 5.41) is 0. The van der Waals surface area contributed by atoms with E-state index in [9.17, 15) is 13.0 Å². The molecule has 0 aliphatic heterocycles.